The number of hydrogen-bond donors (Lipinski definition) is 1. The number of methoxy groups -OCH3 is 1. The van der Waals surface area contributed by atoms with Gasteiger partial charge in [-0.3, -0.25) is 0 Å². The number of unbranched alkanes of at least 4 members (excludes halogenated alkanes) is 1. The van der Waals surface area contributed by atoms with Crippen LogP contribution in [0.4, 0.5) is 0 Å². The van der Waals surface area contributed by atoms with E-state index in [-0.39, 0.29) is 0 Å². The Labute approximate surface area is 118 Å². The van der Waals surface area contributed by atoms with Crippen molar-refractivity contribution in [2.75, 3.05) is 34.3 Å². The van der Waals surface area contributed by atoms with Crippen LogP contribution in [0.3, 0.4) is 0 Å². The summed E-state index contributed by atoms with van der Waals surface area (Å²) in [6.45, 7) is 5.44. The number of aryl methyl sites for hydroxylation is 1. The maximum atomic E-state index is 5.37. The minimum atomic E-state index is 1.00. The normalized spacial score (nSPS) is 11.0. The molecule has 0 aromatic heterocycles. The average molecular weight is 264 g/mol. The van der Waals surface area contributed by atoms with Crippen LogP contribution in [0.5, 0.6) is 5.75 Å². The Morgan fingerprint density at radius 1 is 1.26 bits per heavy atom. The van der Waals surface area contributed by atoms with Crippen molar-refractivity contribution in [1.82, 2.24) is 10.2 Å². The Kier molecular flexibility index (Phi) is 7.53. The van der Waals surface area contributed by atoms with Gasteiger partial charge < -0.3 is 15.0 Å². The molecule has 3 heteroatoms. The van der Waals surface area contributed by atoms with Crippen LogP contribution in [0, 0.1) is 0 Å². The molecule has 0 fully saturated rings. The van der Waals surface area contributed by atoms with Gasteiger partial charge in [0.05, 0.1) is 7.11 Å². The van der Waals surface area contributed by atoms with Crippen LogP contribution in [0.15, 0.2) is 18.2 Å². The van der Waals surface area contributed by atoms with Gasteiger partial charge in [0.1, 0.15) is 5.75 Å². The summed E-state index contributed by atoms with van der Waals surface area (Å²) >= 11 is 0. The Bertz CT molecular complexity index is 366. The van der Waals surface area contributed by atoms with Crippen molar-refractivity contribution in [2.45, 2.75) is 32.7 Å². The first-order chi connectivity index (χ1) is 9.21. The molecule has 0 radical (unpaired) electrons. The monoisotopic (exact) mass is 264 g/mol. The molecular formula is C16H28N2O. The fraction of sp³-hybridized carbons (Fsp3) is 0.625. The van der Waals surface area contributed by atoms with Crippen LogP contribution in [-0.4, -0.2) is 39.2 Å². The molecule has 0 atom stereocenters. The first kappa shape index (κ1) is 16.0. The lowest BCUT2D eigenvalue weighted by atomic mass is 10.1. The summed E-state index contributed by atoms with van der Waals surface area (Å²) in [5, 5.41) is 3.19. The molecule has 1 aromatic rings. The van der Waals surface area contributed by atoms with Gasteiger partial charge in [0.2, 0.25) is 0 Å². The molecule has 0 saturated heterocycles. The van der Waals surface area contributed by atoms with Crippen molar-refractivity contribution in [1.29, 1.82) is 0 Å². The Hall–Kier alpha value is -1.06. The van der Waals surface area contributed by atoms with E-state index in [9.17, 15) is 0 Å². The molecule has 3 nitrogen and oxygen atoms in total. The molecule has 1 rings (SSSR count). The smallest absolute Gasteiger partial charge is 0.122 e. The third-order valence-corrected chi connectivity index (χ3v) is 3.39. The van der Waals surface area contributed by atoms with Crippen molar-refractivity contribution < 1.29 is 4.74 Å². The van der Waals surface area contributed by atoms with Crippen LogP contribution >= 0.6 is 0 Å². The standard InChI is InChI=1S/C16H28N2O/c1-5-15-12-14(8-9-16(15)19-4)13-18(3)11-7-6-10-17-2/h8-9,12,17H,5-7,10-11,13H2,1-4H3. The van der Waals surface area contributed by atoms with Crippen LogP contribution in [-0.2, 0) is 13.0 Å². The van der Waals surface area contributed by atoms with E-state index < -0.39 is 0 Å². The predicted molar refractivity (Wildman–Crippen MR) is 81.9 cm³/mol. The zero-order valence-corrected chi connectivity index (χ0v) is 12.8. The van der Waals surface area contributed by atoms with Gasteiger partial charge in [-0.05, 0) is 63.6 Å². The lowest BCUT2D eigenvalue weighted by Crippen LogP contribution is -2.20. The molecule has 0 aliphatic heterocycles. The lowest BCUT2D eigenvalue weighted by molar-refractivity contribution is 0.318. The molecule has 0 amide bonds. The molecule has 1 aromatic carbocycles. The Morgan fingerprint density at radius 2 is 2.05 bits per heavy atom. The van der Waals surface area contributed by atoms with Gasteiger partial charge in [-0.25, -0.2) is 0 Å². The van der Waals surface area contributed by atoms with E-state index in [1.165, 1.54) is 24.0 Å². The molecule has 0 aliphatic rings. The molecular weight excluding hydrogens is 236 g/mol. The molecule has 0 bridgehead atoms. The average Bonchev–Trinajstić information content (AvgIpc) is 2.43. The van der Waals surface area contributed by atoms with Crippen LogP contribution in [0.2, 0.25) is 0 Å². The molecule has 19 heavy (non-hydrogen) atoms. The van der Waals surface area contributed by atoms with Crippen LogP contribution in [0.25, 0.3) is 0 Å². The number of ether oxygens (including phenoxy) is 1. The lowest BCUT2D eigenvalue weighted by Gasteiger charge is -2.17. The van der Waals surface area contributed by atoms with Gasteiger partial charge in [-0.2, -0.15) is 0 Å². The summed E-state index contributed by atoms with van der Waals surface area (Å²) in [4.78, 5) is 2.39. The zero-order valence-electron chi connectivity index (χ0n) is 12.8. The van der Waals surface area contributed by atoms with Crippen molar-refractivity contribution in [2.24, 2.45) is 0 Å². The van der Waals surface area contributed by atoms with E-state index in [1.54, 1.807) is 7.11 Å². The highest BCUT2D eigenvalue weighted by molar-refractivity contribution is 5.37. The molecule has 0 aliphatic carbocycles. The number of hydrogen-bond acceptors (Lipinski definition) is 3. The third-order valence-electron chi connectivity index (χ3n) is 3.39. The van der Waals surface area contributed by atoms with Gasteiger partial charge in [0.25, 0.3) is 0 Å². The second kappa shape index (κ2) is 8.94. The van der Waals surface area contributed by atoms with E-state index in [4.69, 9.17) is 4.74 Å². The van der Waals surface area contributed by atoms with Gasteiger partial charge in [-0.1, -0.05) is 19.1 Å². The fourth-order valence-corrected chi connectivity index (χ4v) is 2.28. The maximum absolute atomic E-state index is 5.37. The van der Waals surface area contributed by atoms with E-state index in [0.29, 0.717) is 0 Å². The van der Waals surface area contributed by atoms with Gasteiger partial charge >= 0.3 is 0 Å². The zero-order chi connectivity index (χ0) is 14.1. The van der Waals surface area contributed by atoms with Crippen LogP contribution in [0.1, 0.15) is 30.9 Å². The minimum absolute atomic E-state index is 1.00. The van der Waals surface area contributed by atoms with E-state index in [1.807, 2.05) is 7.05 Å². The second-order valence-electron chi connectivity index (χ2n) is 5.05. The molecule has 0 heterocycles. The number of benzene rings is 1. The summed E-state index contributed by atoms with van der Waals surface area (Å²) in [5.41, 5.74) is 2.66. The Balaban J connectivity index is 2.47. The van der Waals surface area contributed by atoms with Crippen molar-refractivity contribution in [3.63, 3.8) is 0 Å². The van der Waals surface area contributed by atoms with Gasteiger partial charge in [0, 0.05) is 6.54 Å². The summed E-state index contributed by atoms with van der Waals surface area (Å²) < 4.78 is 5.37. The number of nitrogens with one attached hydrogen (secondary N) is 1. The fourth-order valence-electron chi connectivity index (χ4n) is 2.28. The number of nitrogens with zero attached hydrogens (tertiary/aromatic N) is 1. The highest BCUT2D eigenvalue weighted by atomic mass is 16.5. The second-order valence-corrected chi connectivity index (χ2v) is 5.05. The first-order valence-electron chi connectivity index (χ1n) is 7.20. The molecule has 0 saturated carbocycles. The summed E-state index contributed by atoms with van der Waals surface area (Å²) in [7, 11) is 5.94. The summed E-state index contributed by atoms with van der Waals surface area (Å²) in [6, 6.07) is 6.52. The highest BCUT2D eigenvalue weighted by Gasteiger charge is 2.05. The van der Waals surface area contributed by atoms with Crippen molar-refractivity contribution >= 4 is 0 Å². The minimum Gasteiger partial charge on any atom is -0.496 e. The van der Waals surface area contributed by atoms with E-state index in [0.717, 1.165) is 31.8 Å². The van der Waals surface area contributed by atoms with E-state index >= 15 is 0 Å². The quantitative estimate of drug-likeness (QED) is 0.694. The van der Waals surface area contributed by atoms with Crippen LogP contribution < -0.4 is 10.1 Å². The maximum Gasteiger partial charge on any atom is 0.122 e. The Morgan fingerprint density at radius 3 is 2.68 bits per heavy atom. The molecule has 0 unspecified atom stereocenters. The predicted octanol–water partition coefficient (Wildman–Crippen LogP) is 2.69. The molecule has 108 valence electrons. The van der Waals surface area contributed by atoms with Crippen molar-refractivity contribution in [3.05, 3.63) is 29.3 Å². The summed E-state index contributed by atoms with van der Waals surface area (Å²) in [6.07, 6.45) is 3.50. The number of rotatable bonds is 9. The highest BCUT2D eigenvalue weighted by Crippen LogP contribution is 2.21. The van der Waals surface area contributed by atoms with Gasteiger partial charge in [-0.15, -0.1) is 0 Å². The third kappa shape index (κ3) is 5.62. The van der Waals surface area contributed by atoms with E-state index in [2.05, 4.69) is 42.4 Å². The van der Waals surface area contributed by atoms with Gasteiger partial charge in [0.15, 0.2) is 0 Å². The molecule has 1 N–H and O–H groups in total. The molecule has 0 spiro atoms. The first-order valence-corrected chi connectivity index (χ1v) is 7.20. The van der Waals surface area contributed by atoms with Crippen molar-refractivity contribution in [3.8, 4) is 5.75 Å². The summed E-state index contributed by atoms with van der Waals surface area (Å²) in [5.74, 6) is 1.00. The SMILES string of the molecule is CCc1cc(CN(C)CCCCNC)ccc1OC. The topological polar surface area (TPSA) is 24.5 Å². The largest absolute Gasteiger partial charge is 0.496 e.